The molecule has 0 radical (unpaired) electrons. The number of hydrogen-bond acceptors (Lipinski definition) is 2. The number of benzene rings is 2. The number of nitrogens with one attached hydrogen (secondary N) is 1. The van der Waals surface area contributed by atoms with E-state index in [1.54, 1.807) is 18.2 Å². The second kappa shape index (κ2) is 5.67. The summed E-state index contributed by atoms with van der Waals surface area (Å²) in [5, 5.41) is 0. The van der Waals surface area contributed by atoms with Crippen molar-refractivity contribution in [3.8, 4) is 0 Å². The van der Waals surface area contributed by atoms with Crippen LogP contribution in [0.2, 0.25) is 0 Å². The van der Waals surface area contributed by atoms with Crippen LogP contribution in [-0.2, 0) is 16.4 Å². The molecule has 3 nitrogen and oxygen atoms in total. The molecule has 0 bridgehead atoms. The molecule has 0 atom stereocenters. The zero-order valence-corrected chi connectivity index (χ0v) is 12.8. The molecule has 0 aliphatic carbocycles. The summed E-state index contributed by atoms with van der Waals surface area (Å²) in [6.07, 6.45) is 0.783. The summed E-state index contributed by atoms with van der Waals surface area (Å²) in [5.41, 5.74) is 3.68. The Balaban J connectivity index is 2.38. The fraction of sp³-hybridized carbons (Fsp3) is 0.250. The van der Waals surface area contributed by atoms with Gasteiger partial charge in [-0.25, -0.2) is 8.42 Å². The van der Waals surface area contributed by atoms with Gasteiger partial charge in [0, 0.05) is 0 Å². The molecular formula is C16H19NO2S. The first-order chi connectivity index (χ1) is 9.44. The van der Waals surface area contributed by atoms with Crippen molar-refractivity contribution in [1.82, 2.24) is 0 Å². The van der Waals surface area contributed by atoms with E-state index in [1.165, 1.54) is 0 Å². The summed E-state index contributed by atoms with van der Waals surface area (Å²) in [7, 11) is -3.54. The summed E-state index contributed by atoms with van der Waals surface area (Å²) in [6, 6.07) is 12.6. The molecule has 0 spiro atoms. The van der Waals surface area contributed by atoms with E-state index in [4.69, 9.17) is 0 Å². The van der Waals surface area contributed by atoms with Crippen molar-refractivity contribution in [3.63, 3.8) is 0 Å². The third-order valence-electron chi connectivity index (χ3n) is 3.43. The van der Waals surface area contributed by atoms with Gasteiger partial charge in [0.2, 0.25) is 0 Å². The van der Waals surface area contributed by atoms with Gasteiger partial charge in [-0.05, 0) is 55.2 Å². The Labute approximate surface area is 120 Å². The molecule has 106 valence electrons. The maximum Gasteiger partial charge on any atom is 0.261 e. The molecule has 0 aromatic heterocycles. The van der Waals surface area contributed by atoms with Crippen LogP contribution in [0.5, 0.6) is 0 Å². The Morgan fingerprint density at radius 1 is 1.00 bits per heavy atom. The Morgan fingerprint density at radius 3 is 2.35 bits per heavy atom. The first-order valence-corrected chi connectivity index (χ1v) is 8.10. The maximum absolute atomic E-state index is 12.4. The minimum Gasteiger partial charge on any atom is -0.279 e. The van der Waals surface area contributed by atoms with E-state index < -0.39 is 10.0 Å². The highest BCUT2D eigenvalue weighted by Crippen LogP contribution is 2.21. The van der Waals surface area contributed by atoms with Gasteiger partial charge >= 0.3 is 0 Å². The summed E-state index contributed by atoms with van der Waals surface area (Å²) in [5.74, 6) is 0. The van der Waals surface area contributed by atoms with E-state index >= 15 is 0 Å². The number of rotatable bonds is 4. The lowest BCUT2D eigenvalue weighted by atomic mass is 10.1. The van der Waals surface area contributed by atoms with Gasteiger partial charge in [0.1, 0.15) is 0 Å². The lowest BCUT2D eigenvalue weighted by molar-refractivity contribution is 0.601. The molecule has 0 aliphatic heterocycles. The highest BCUT2D eigenvalue weighted by Gasteiger charge is 2.16. The molecule has 2 aromatic carbocycles. The van der Waals surface area contributed by atoms with Crippen LogP contribution in [0.4, 0.5) is 5.69 Å². The van der Waals surface area contributed by atoms with Gasteiger partial charge < -0.3 is 0 Å². The number of hydrogen-bond donors (Lipinski definition) is 1. The van der Waals surface area contributed by atoms with Gasteiger partial charge in [0.05, 0.1) is 10.6 Å². The van der Waals surface area contributed by atoms with Crippen LogP contribution >= 0.6 is 0 Å². The minimum atomic E-state index is -3.54. The van der Waals surface area contributed by atoms with Crippen molar-refractivity contribution in [3.05, 3.63) is 59.2 Å². The average Bonchev–Trinajstić information content (AvgIpc) is 2.42. The van der Waals surface area contributed by atoms with E-state index in [0.717, 1.165) is 23.1 Å². The van der Waals surface area contributed by atoms with Crippen molar-refractivity contribution in [1.29, 1.82) is 0 Å². The number of aryl methyl sites for hydroxylation is 3. The van der Waals surface area contributed by atoms with E-state index in [1.807, 2.05) is 45.0 Å². The van der Waals surface area contributed by atoms with Crippen molar-refractivity contribution in [2.24, 2.45) is 0 Å². The molecule has 0 aliphatic rings. The molecule has 1 N–H and O–H groups in total. The lowest BCUT2D eigenvalue weighted by Gasteiger charge is -2.12. The standard InChI is InChI=1S/C16H19NO2S/c1-4-14-7-5-6-8-16(14)17-20(18,19)15-10-9-12(2)13(3)11-15/h5-11,17H,4H2,1-3H3. The molecule has 0 fully saturated rings. The zero-order valence-electron chi connectivity index (χ0n) is 12.0. The quantitative estimate of drug-likeness (QED) is 0.933. The molecule has 0 unspecified atom stereocenters. The minimum absolute atomic E-state index is 0.298. The molecule has 2 aromatic rings. The zero-order chi connectivity index (χ0) is 14.8. The first-order valence-electron chi connectivity index (χ1n) is 6.62. The third-order valence-corrected chi connectivity index (χ3v) is 4.79. The molecule has 4 heteroatoms. The highest BCUT2D eigenvalue weighted by molar-refractivity contribution is 7.92. The Morgan fingerprint density at radius 2 is 1.70 bits per heavy atom. The average molecular weight is 289 g/mol. The van der Waals surface area contributed by atoms with E-state index in [2.05, 4.69) is 4.72 Å². The molecule has 0 heterocycles. The molecule has 2 rings (SSSR count). The van der Waals surface area contributed by atoms with Crippen molar-refractivity contribution in [2.45, 2.75) is 32.1 Å². The second-order valence-corrected chi connectivity index (χ2v) is 6.54. The normalized spacial score (nSPS) is 11.3. The molecular weight excluding hydrogens is 270 g/mol. The van der Waals surface area contributed by atoms with E-state index in [0.29, 0.717) is 10.6 Å². The highest BCUT2D eigenvalue weighted by atomic mass is 32.2. The van der Waals surface area contributed by atoms with Gasteiger partial charge in [0.15, 0.2) is 0 Å². The smallest absolute Gasteiger partial charge is 0.261 e. The van der Waals surface area contributed by atoms with Crippen molar-refractivity contribution < 1.29 is 8.42 Å². The Hall–Kier alpha value is -1.81. The van der Waals surface area contributed by atoms with Crippen LogP contribution in [0.15, 0.2) is 47.4 Å². The SMILES string of the molecule is CCc1ccccc1NS(=O)(=O)c1ccc(C)c(C)c1. The second-order valence-electron chi connectivity index (χ2n) is 4.86. The van der Waals surface area contributed by atoms with Crippen LogP contribution in [0.3, 0.4) is 0 Å². The number of anilines is 1. The van der Waals surface area contributed by atoms with Crippen LogP contribution < -0.4 is 4.72 Å². The Kier molecular flexibility index (Phi) is 4.14. The predicted molar refractivity (Wildman–Crippen MR) is 82.5 cm³/mol. The predicted octanol–water partition coefficient (Wildman–Crippen LogP) is 3.67. The van der Waals surface area contributed by atoms with Gasteiger partial charge in [-0.2, -0.15) is 0 Å². The number of para-hydroxylation sites is 1. The topological polar surface area (TPSA) is 46.2 Å². The Bertz CT molecular complexity index is 721. The summed E-state index contributed by atoms with van der Waals surface area (Å²) >= 11 is 0. The fourth-order valence-corrected chi connectivity index (χ4v) is 3.20. The summed E-state index contributed by atoms with van der Waals surface area (Å²) in [4.78, 5) is 0.298. The van der Waals surface area contributed by atoms with E-state index in [-0.39, 0.29) is 0 Å². The van der Waals surface area contributed by atoms with E-state index in [9.17, 15) is 8.42 Å². The lowest BCUT2D eigenvalue weighted by Crippen LogP contribution is -2.14. The summed E-state index contributed by atoms with van der Waals surface area (Å²) in [6.45, 7) is 5.88. The van der Waals surface area contributed by atoms with Gasteiger partial charge in [0.25, 0.3) is 10.0 Å². The van der Waals surface area contributed by atoms with Crippen molar-refractivity contribution in [2.75, 3.05) is 4.72 Å². The number of sulfonamides is 1. The van der Waals surface area contributed by atoms with Crippen molar-refractivity contribution >= 4 is 15.7 Å². The van der Waals surface area contributed by atoms with Crippen LogP contribution in [0.25, 0.3) is 0 Å². The first kappa shape index (κ1) is 14.6. The van der Waals surface area contributed by atoms with Crippen LogP contribution in [0.1, 0.15) is 23.6 Å². The maximum atomic E-state index is 12.4. The summed E-state index contributed by atoms with van der Waals surface area (Å²) < 4.78 is 27.5. The molecule has 0 amide bonds. The molecule has 20 heavy (non-hydrogen) atoms. The van der Waals surface area contributed by atoms with Gasteiger partial charge in [-0.3, -0.25) is 4.72 Å². The monoisotopic (exact) mass is 289 g/mol. The van der Waals surface area contributed by atoms with Crippen LogP contribution in [0, 0.1) is 13.8 Å². The fourth-order valence-electron chi connectivity index (χ4n) is 2.01. The third kappa shape index (κ3) is 3.02. The van der Waals surface area contributed by atoms with Gasteiger partial charge in [-0.15, -0.1) is 0 Å². The van der Waals surface area contributed by atoms with Gasteiger partial charge in [-0.1, -0.05) is 31.2 Å². The molecule has 0 saturated carbocycles. The van der Waals surface area contributed by atoms with Crippen LogP contribution in [-0.4, -0.2) is 8.42 Å². The largest absolute Gasteiger partial charge is 0.279 e. The molecule has 0 saturated heterocycles.